The predicted octanol–water partition coefficient (Wildman–Crippen LogP) is 8.08. The molecule has 1 aromatic rings. The number of hydrogen-bond acceptors (Lipinski definition) is 3. The quantitative estimate of drug-likeness (QED) is 0.199. The second-order valence-electron chi connectivity index (χ2n) is 9.88. The Labute approximate surface area is 208 Å². The first-order valence-corrected chi connectivity index (χ1v) is 15.0. The van der Waals surface area contributed by atoms with Crippen molar-refractivity contribution < 1.29 is 4.79 Å². The average molecular weight is 475 g/mol. The topological polar surface area (TPSA) is 41.1 Å². The van der Waals surface area contributed by atoms with Crippen LogP contribution >= 0.6 is 11.8 Å². The van der Waals surface area contributed by atoms with Crippen LogP contribution in [0, 0.1) is 6.92 Å². The first-order valence-electron chi connectivity index (χ1n) is 13.9. The molecule has 33 heavy (non-hydrogen) atoms. The van der Waals surface area contributed by atoms with Crippen LogP contribution in [-0.4, -0.2) is 24.2 Å². The molecule has 1 aliphatic heterocycles. The number of nitrogens with one attached hydrogen (secondary N) is 2. The number of rotatable bonds is 19. The summed E-state index contributed by atoms with van der Waals surface area (Å²) in [5.41, 5.74) is 2.59. The van der Waals surface area contributed by atoms with Crippen LogP contribution in [0.2, 0.25) is 0 Å². The fraction of sp³-hybridized carbons (Fsp3) is 0.759. The highest BCUT2D eigenvalue weighted by molar-refractivity contribution is 7.99. The third-order valence-corrected chi connectivity index (χ3v) is 8.15. The molecule has 0 spiro atoms. The molecule has 2 N–H and O–H groups in total. The van der Waals surface area contributed by atoms with Crippen molar-refractivity contribution in [1.82, 2.24) is 10.6 Å². The summed E-state index contributed by atoms with van der Waals surface area (Å²) in [6.07, 6.45) is 22.1. The van der Waals surface area contributed by atoms with E-state index in [1.807, 2.05) is 11.8 Å². The van der Waals surface area contributed by atoms with Gasteiger partial charge in [0.05, 0.1) is 11.4 Å². The van der Waals surface area contributed by atoms with E-state index in [1.165, 1.54) is 107 Å². The summed E-state index contributed by atoms with van der Waals surface area (Å²) in [6, 6.07) is 8.38. The molecular weight excluding hydrogens is 424 g/mol. The van der Waals surface area contributed by atoms with Gasteiger partial charge in [-0.2, -0.15) is 0 Å². The van der Waals surface area contributed by atoms with Crippen molar-refractivity contribution in [2.45, 2.75) is 128 Å². The van der Waals surface area contributed by atoms with Gasteiger partial charge in [0.25, 0.3) is 0 Å². The van der Waals surface area contributed by atoms with Gasteiger partial charge >= 0.3 is 0 Å². The second-order valence-corrected chi connectivity index (χ2v) is 11.0. The molecule has 0 aliphatic carbocycles. The predicted molar refractivity (Wildman–Crippen MR) is 146 cm³/mol. The van der Waals surface area contributed by atoms with Crippen LogP contribution in [0.3, 0.4) is 0 Å². The summed E-state index contributed by atoms with van der Waals surface area (Å²) in [6.45, 7) is 5.24. The normalized spacial score (nSPS) is 18.0. The molecule has 0 saturated carbocycles. The molecule has 0 bridgehead atoms. The summed E-state index contributed by atoms with van der Waals surface area (Å²) in [7, 11) is 0. The molecule has 1 unspecified atom stereocenters. The number of aryl methyl sites for hydroxylation is 1. The average Bonchev–Trinajstić information content (AvgIpc) is 3.31. The maximum Gasteiger partial charge on any atom is 0.238 e. The lowest BCUT2D eigenvalue weighted by atomic mass is 10.0. The number of carbonyl (C=O) groups excluding carboxylic acids is 1. The van der Waals surface area contributed by atoms with Gasteiger partial charge in [0.2, 0.25) is 5.91 Å². The van der Waals surface area contributed by atoms with Gasteiger partial charge in [-0.25, -0.2) is 0 Å². The molecule has 188 valence electrons. The zero-order valence-corrected chi connectivity index (χ0v) is 22.3. The molecule has 0 radical (unpaired) electrons. The zero-order chi connectivity index (χ0) is 23.6. The fourth-order valence-corrected chi connectivity index (χ4v) is 6.03. The summed E-state index contributed by atoms with van der Waals surface area (Å²) in [4.78, 5) is 12.5. The fourth-order valence-electron chi connectivity index (χ4n) is 4.69. The van der Waals surface area contributed by atoms with Crippen LogP contribution in [0.1, 0.15) is 126 Å². The Morgan fingerprint density at radius 3 is 1.91 bits per heavy atom. The molecule has 1 fully saturated rings. The molecule has 3 nitrogen and oxygen atoms in total. The van der Waals surface area contributed by atoms with Crippen molar-refractivity contribution in [2.24, 2.45) is 0 Å². The van der Waals surface area contributed by atoms with E-state index in [2.05, 4.69) is 48.7 Å². The van der Waals surface area contributed by atoms with Crippen molar-refractivity contribution in [1.29, 1.82) is 0 Å². The summed E-state index contributed by atoms with van der Waals surface area (Å²) in [5.74, 6) is 1.02. The monoisotopic (exact) mass is 474 g/mol. The third-order valence-electron chi connectivity index (χ3n) is 6.90. The van der Waals surface area contributed by atoms with E-state index in [0.717, 1.165) is 18.7 Å². The van der Waals surface area contributed by atoms with E-state index < -0.39 is 0 Å². The SMILES string of the molecule is CCCCCCCCCCCCCCCCCCNC(=O)[C@@H]1CSC(c2ccccc2C)N1. The lowest BCUT2D eigenvalue weighted by Gasteiger charge is -2.15. The van der Waals surface area contributed by atoms with E-state index in [4.69, 9.17) is 0 Å². The number of thioether (sulfide) groups is 1. The highest BCUT2D eigenvalue weighted by Gasteiger charge is 2.30. The van der Waals surface area contributed by atoms with Crippen LogP contribution in [0.15, 0.2) is 24.3 Å². The van der Waals surface area contributed by atoms with Crippen molar-refractivity contribution in [3.8, 4) is 0 Å². The van der Waals surface area contributed by atoms with E-state index in [9.17, 15) is 4.79 Å². The van der Waals surface area contributed by atoms with Gasteiger partial charge < -0.3 is 5.32 Å². The lowest BCUT2D eigenvalue weighted by molar-refractivity contribution is -0.122. The Balaban J connectivity index is 1.35. The van der Waals surface area contributed by atoms with Gasteiger partial charge in [-0.1, -0.05) is 128 Å². The van der Waals surface area contributed by atoms with Gasteiger partial charge in [0.1, 0.15) is 0 Å². The molecular formula is C29H50N2OS. The summed E-state index contributed by atoms with van der Waals surface area (Å²) < 4.78 is 0. The van der Waals surface area contributed by atoms with E-state index >= 15 is 0 Å². The Morgan fingerprint density at radius 1 is 0.848 bits per heavy atom. The van der Waals surface area contributed by atoms with Crippen LogP contribution in [0.25, 0.3) is 0 Å². The van der Waals surface area contributed by atoms with E-state index in [-0.39, 0.29) is 17.3 Å². The van der Waals surface area contributed by atoms with Crippen molar-refractivity contribution >= 4 is 17.7 Å². The first-order chi connectivity index (χ1) is 16.2. The minimum absolute atomic E-state index is 0.0688. The minimum Gasteiger partial charge on any atom is -0.355 e. The third kappa shape index (κ3) is 12.3. The zero-order valence-electron chi connectivity index (χ0n) is 21.5. The van der Waals surface area contributed by atoms with Gasteiger partial charge in [0.15, 0.2) is 0 Å². The van der Waals surface area contributed by atoms with Gasteiger partial charge in [-0.3, -0.25) is 10.1 Å². The summed E-state index contributed by atoms with van der Waals surface area (Å²) in [5, 5.41) is 6.89. The molecule has 0 aromatic heterocycles. The number of hydrogen-bond donors (Lipinski definition) is 2. The van der Waals surface area contributed by atoms with Gasteiger partial charge in [-0.05, 0) is 24.5 Å². The first kappa shape index (κ1) is 28.2. The van der Waals surface area contributed by atoms with Gasteiger partial charge in [-0.15, -0.1) is 11.8 Å². The molecule has 1 heterocycles. The molecule has 2 atom stereocenters. The molecule has 2 rings (SSSR count). The van der Waals surface area contributed by atoms with E-state index in [0.29, 0.717) is 0 Å². The molecule has 1 aliphatic rings. The second kappa shape index (κ2) is 18.3. The van der Waals surface area contributed by atoms with Crippen LogP contribution in [-0.2, 0) is 4.79 Å². The number of unbranched alkanes of at least 4 members (excludes halogenated alkanes) is 15. The highest BCUT2D eigenvalue weighted by atomic mass is 32.2. The number of carbonyl (C=O) groups is 1. The molecule has 1 amide bonds. The van der Waals surface area contributed by atoms with Crippen molar-refractivity contribution in [2.75, 3.05) is 12.3 Å². The Bertz CT molecular complexity index is 636. The number of amides is 1. The van der Waals surface area contributed by atoms with Crippen LogP contribution in [0.5, 0.6) is 0 Å². The Hall–Kier alpha value is -1.00. The Kier molecular flexibility index (Phi) is 15.7. The molecule has 1 saturated heterocycles. The van der Waals surface area contributed by atoms with E-state index in [1.54, 1.807) is 0 Å². The summed E-state index contributed by atoms with van der Waals surface area (Å²) >= 11 is 1.84. The number of benzene rings is 1. The Morgan fingerprint density at radius 2 is 1.36 bits per heavy atom. The minimum atomic E-state index is -0.0688. The van der Waals surface area contributed by atoms with Crippen LogP contribution < -0.4 is 10.6 Å². The highest BCUT2D eigenvalue weighted by Crippen LogP contribution is 2.34. The lowest BCUT2D eigenvalue weighted by Crippen LogP contribution is -2.42. The molecule has 4 heteroatoms. The van der Waals surface area contributed by atoms with Gasteiger partial charge in [0, 0.05) is 12.3 Å². The molecule has 1 aromatic carbocycles. The van der Waals surface area contributed by atoms with Crippen molar-refractivity contribution in [3.63, 3.8) is 0 Å². The maximum atomic E-state index is 12.5. The van der Waals surface area contributed by atoms with Crippen molar-refractivity contribution in [3.05, 3.63) is 35.4 Å². The smallest absolute Gasteiger partial charge is 0.238 e. The maximum absolute atomic E-state index is 12.5. The largest absolute Gasteiger partial charge is 0.355 e. The van der Waals surface area contributed by atoms with Crippen LogP contribution in [0.4, 0.5) is 0 Å². The standard InChI is InChI=1S/C29H50N2OS/c1-3-4-5-6-7-8-9-10-11-12-13-14-15-16-17-20-23-30-28(32)27-24-33-29(31-27)26-22-19-18-21-25(26)2/h18-19,21-22,27,29,31H,3-17,20,23-24H2,1-2H3,(H,30,32)/t27-,29?/m0/s1.